The van der Waals surface area contributed by atoms with Gasteiger partial charge in [-0.3, -0.25) is 9.69 Å². The van der Waals surface area contributed by atoms with Crippen LogP contribution < -0.4 is 4.90 Å². The third kappa shape index (κ3) is 3.15. The minimum atomic E-state index is 0.304. The van der Waals surface area contributed by atoms with E-state index >= 15 is 0 Å². The lowest BCUT2D eigenvalue weighted by molar-refractivity contribution is -0.119. The van der Waals surface area contributed by atoms with Gasteiger partial charge in [-0.25, -0.2) is 0 Å². The summed E-state index contributed by atoms with van der Waals surface area (Å²) in [4.78, 5) is 20.0. The summed E-state index contributed by atoms with van der Waals surface area (Å²) >= 11 is 0. The summed E-state index contributed by atoms with van der Waals surface area (Å²) in [5.74, 6) is 0.304. The van der Waals surface area contributed by atoms with E-state index in [4.69, 9.17) is 0 Å². The molecule has 0 N–H and O–H groups in total. The second-order valence-corrected chi connectivity index (χ2v) is 7.20. The molecule has 0 bridgehead atoms. The smallest absolute Gasteiger partial charge is 0.228 e. The number of para-hydroxylation sites is 1. The molecule has 23 heavy (non-hydrogen) atoms. The van der Waals surface area contributed by atoms with E-state index in [1.165, 1.54) is 50.9 Å². The van der Waals surface area contributed by atoms with Crippen molar-refractivity contribution in [2.45, 2.75) is 44.7 Å². The molecule has 4 heteroatoms. The van der Waals surface area contributed by atoms with Crippen LogP contribution in [0.25, 0.3) is 0 Å². The first kappa shape index (κ1) is 15.2. The molecule has 3 aliphatic heterocycles. The van der Waals surface area contributed by atoms with Crippen LogP contribution in [0.5, 0.6) is 0 Å². The van der Waals surface area contributed by atoms with Crippen LogP contribution in [0.4, 0.5) is 5.69 Å². The number of carbonyl (C=O) groups is 1. The second kappa shape index (κ2) is 6.62. The van der Waals surface area contributed by atoms with Crippen LogP contribution in [0.3, 0.4) is 0 Å². The van der Waals surface area contributed by atoms with Gasteiger partial charge in [0.15, 0.2) is 0 Å². The van der Waals surface area contributed by atoms with Gasteiger partial charge in [0, 0.05) is 37.8 Å². The minimum absolute atomic E-state index is 0.304. The molecule has 1 unspecified atom stereocenters. The molecule has 1 aromatic carbocycles. The molecule has 124 valence electrons. The summed E-state index contributed by atoms with van der Waals surface area (Å²) in [6, 6.07) is 9.03. The number of hydrogen-bond donors (Lipinski definition) is 0. The Morgan fingerprint density at radius 3 is 2.78 bits per heavy atom. The second-order valence-electron chi connectivity index (χ2n) is 7.20. The number of amides is 1. The average Bonchev–Trinajstić information content (AvgIpc) is 3.21. The van der Waals surface area contributed by atoms with Crippen LogP contribution in [0, 0.1) is 0 Å². The molecule has 1 amide bonds. The summed E-state index contributed by atoms with van der Waals surface area (Å²) in [6.45, 7) is 6.30. The van der Waals surface area contributed by atoms with Crippen molar-refractivity contribution >= 4 is 11.6 Å². The highest BCUT2D eigenvalue weighted by Gasteiger charge is 2.33. The van der Waals surface area contributed by atoms with Crippen molar-refractivity contribution in [3.63, 3.8) is 0 Å². The fourth-order valence-corrected chi connectivity index (χ4v) is 4.38. The SMILES string of the molecule is O=C(CCN1CCCC1)N1CC2CCCN2Cc2ccccc21. The minimum Gasteiger partial charge on any atom is -0.310 e. The van der Waals surface area contributed by atoms with Crippen molar-refractivity contribution in [3.05, 3.63) is 29.8 Å². The molecule has 0 aliphatic carbocycles. The van der Waals surface area contributed by atoms with Crippen molar-refractivity contribution in [2.24, 2.45) is 0 Å². The summed E-state index contributed by atoms with van der Waals surface area (Å²) in [7, 11) is 0. The van der Waals surface area contributed by atoms with E-state index in [9.17, 15) is 4.79 Å². The van der Waals surface area contributed by atoms with Crippen molar-refractivity contribution in [2.75, 3.05) is 37.6 Å². The van der Waals surface area contributed by atoms with Crippen molar-refractivity contribution < 1.29 is 4.79 Å². The zero-order valence-corrected chi connectivity index (χ0v) is 13.9. The summed E-state index contributed by atoms with van der Waals surface area (Å²) in [5.41, 5.74) is 2.46. The quantitative estimate of drug-likeness (QED) is 0.858. The fourth-order valence-electron chi connectivity index (χ4n) is 4.38. The Morgan fingerprint density at radius 2 is 1.91 bits per heavy atom. The summed E-state index contributed by atoms with van der Waals surface area (Å²) in [5, 5.41) is 0. The lowest BCUT2D eigenvalue weighted by atomic mass is 10.1. The van der Waals surface area contributed by atoms with Crippen LogP contribution in [0.15, 0.2) is 24.3 Å². The normalized spacial score (nSPS) is 25.2. The standard InChI is InChI=1S/C19H27N3O/c23-19(9-13-20-10-3-4-11-20)22-15-17-7-5-12-21(17)14-16-6-1-2-8-18(16)22/h1-2,6,8,17H,3-5,7,9-15H2. The fraction of sp³-hybridized carbons (Fsp3) is 0.632. The number of nitrogens with zero attached hydrogens (tertiary/aromatic N) is 3. The molecule has 4 rings (SSSR count). The van der Waals surface area contributed by atoms with E-state index in [1.807, 2.05) is 0 Å². The third-order valence-corrected chi connectivity index (χ3v) is 5.69. The predicted molar refractivity (Wildman–Crippen MR) is 92.5 cm³/mol. The molecule has 3 heterocycles. The molecule has 0 radical (unpaired) electrons. The molecule has 0 aromatic heterocycles. The topological polar surface area (TPSA) is 26.8 Å². The lowest BCUT2D eigenvalue weighted by Crippen LogP contribution is -2.41. The van der Waals surface area contributed by atoms with E-state index in [0.29, 0.717) is 18.4 Å². The molecule has 3 aliphatic rings. The summed E-state index contributed by atoms with van der Waals surface area (Å²) in [6.07, 6.45) is 5.73. The highest BCUT2D eigenvalue weighted by Crippen LogP contribution is 2.31. The van der Waals surface area contributed by atoms with Crippen LogP contribution in [-0.4, -0.2) is 54.5 Å². The van der Waals surface area contributed by atoms with Crippen LogP contribution >= 0.6 is 0 Å². The lowest BCUT2D eigenvalue weighted by Gasteiger charge is -2.27. The molecule has 1 atom stereocenters. The Morgan fingerprint density at radius 1 is 1.09 bits per heavy atom. The number of rotatable bonds is 3. The van der Waals surface area contributed by atoms with E-state index < -0.39 is 0 Å². The molecule has 0 spiro atoms. The van der Waals surface area contributed by atoms with E-state index in [2.05, 4.69) is 39.0 Å². The maximum absolute atomic E-state index is 12.9. The largest absolute Gasteiger partial charge is 0.310 e. The molecule has 1 aromatic rings. The Balaban J connectivity index is 1.51. The van der Waals surface area contributed by atoms with Gasteiger partial charge < -0.3 is 9.80 Å². The number of anilines is 1. The maximum atomic E-state index is 12.9. The van der Waals surface area contributed by atoms with Gasteiger partial charge >= 0.3 is 0 Å². The number of carbonyl (C=O) groups excluding carboxylic acids is 1. The average molecular weight is 313 g/mol. The van der Waals surface area contributed by atoms with Crippen LogP contribution in [0.1, 0.15) is 37.7 Å². The van der Waals surface area contributed by atoms with Gasteiger partial charge in [0.1, 0.15) is 0 Å². The Labute approximate surface area is 139 Å². The Kier molecular flexibility index (Phi) is 4.36. The van der Waals surface area contributed by atoms with Crippen molar-refractivity contribution in [1.29, 1.82) is 0 Å². The molecule has 0 saturated carbocycles. The molecule has 2 fully saturated rings. The summed E-state index contributed by atoms with van der Waals surface area (Å²) < 4.78 is 0. The first-order valence-corrected chi connectivity index (χ1v) is 9.16. The number of benzene rings is 1. The first-order chi connectivity index (χ1) is 11.3. The first-order valence-electron chi connectivity index (χ1n) is 9.16. The molecule has 4 nitrogen and oxygen atoms in total. The molecular formula is C19H27N3O. The van der Waals surface area contributed by atoms with E-state index in [-0.39, 0.29) is 0 Å². The number of fused-ring (bicyclic) bond motifs is 2. The third-order valence-electron chi connectivity index (χ3n) is 5.69. The van der Waals surface area contributed by atoms with Gasteiger partial charge in [-0.1, -0.05) is 18.2 Å². The van der Waals surface area contributed by atoms with E-state index in [1.54, 1.807) is 0 Å². The monoisotopic (exact) mass is 313 g/mol. The zero-order chi connectivity index (χ0) is 15.6. The van der Waals surface area contributed by atoms with Crippen molar-refractivity contribution in [3.8, 4) is 0 Å². The van der Waals surface area contributed by atoms with Gasteiger partial charge in [-0.15, -0.1) is 0 Å². The molecular weight excluding hydrogens is 286 g/mol. The van der Waals surface area contributed by atoms with Crippen molar-refractivity contribution in [1.82, 2.24) is 9.80 Å². The van der Waals surface area contributed by atoms with Gasteiger partial charge in [-0.2, -0.15) is 0 Å². The number of hydrogen-bond acceptors (Lipinski definition) is 3. The highest BCUT2D eigenvalue weighted by molar-refractivity contribution is 5.94. The van der Waals surface area contributed by atoms with Crippen LogP contribution in [-0.2, 0) is 11.3 Å². The van der Waals surface area contributed by atoms with Gasteiger partial charge in [0.05, 0.1) is 0 Å². The van der Waals surface area contributed by atoms with Crippen LogP contribution in [0.2, 0.25) is 0 Å². The highest BCUT2D eigenvalue weighted by atomic mass is 16.2. The molecule has 2 saturated heterocycles. The number of likely N-dealkylation sites (tertiary alicyclic amines) is 1. The predicted octanol–water partition coefficient (Wildman–Crippen LogP) is 2.48. The van der Waals surface area contributed by atoms with Gasteiger partial charge in [0.25, 0.3) is 0 Å². The Hall–Kier alpha value is -1.39. The maximum Gasteiger partial charge on any atom is 0.228 e. The van der Waals surface area contributed by atoms with Gasteiger partial charge in [0.2, 0.25) is 5.91 Å². The van der Waals surface area contributed by atoms with E-state index in [0.717, 1.165) is 25.3 Å². The van der Waals surface area contributed by atoms with Gasteiger partial charge in [-0.05, 0) is 56.9 Å². The zero-order valence-electron chi connectivity index (χ0n) is 13.9. The Bertz CT molecular complexity index is 567.